The topological polar surface area (TPSA) is 77.1 Å². The molecule has 7 heteroatoms. The number of likely N-dealkylation sites (N-methyl/N-ethyl adjacent to an activating group) is 1. The molecule has 144 valence electrons. The zero-order valence-corrected chi connectivity index (χ0v) is 16.1. The van der Waals surface area contributed by atoms with Crippen molar-refractivity contribution in [3.63, 3.8) is 0 Å². The normalized spacial score (nSPS) is 16.1. The van der Waals surface area contributed by atoms with Crippen molar-refractivity contribution in [2.45, 2.75) is 6.04 Å². The fourth-order valence-electron chi connectivity index (χ4n) is 3.55. The molecule has 1 aliphatic rings. The average molecular weight is 380 g/mol. The second-order valence-corrected chi connectivity index (χ2v) is 7.15. The van der Waals surface area contributed by atoms with Gasteiger partial charge in [0.1, 0.15) is 17.4 Å². The maximum atomic E-state index is 13.3. The van der Waals surface area contributed by atoms with E-state index in [0.29, 0.717) is 34.5 Å². The Morgan fingerprint density at radius 2 is 2.04 bits per heavy atom. The van der Waals surface area contributed by atoms with Crippen LogP contribution in [0.15, 0.2) is 51.8 Å². The maximum Gasteiger partial charge on any atom is 0.291 e. The van der Waals surface area contributed by atoms with Crippen LogP contribution in [0.2, 0.25) is 0 Å². The number of hydrogen-bond donors (Lipinski definition) is 1. The van der Waals surface area contributed by atoms with Crippen LogP contribution >= 0.6 is 0 Å². The van der Waals surface area contributed by atoms with E-state index in [-0.39, 0.29) is 17.1 Å². The van der Waals surface area contributed by atoms with E-state index in [9.17, 15) is 9.59 Å². The third-order valence-electron chi connectivity index (χ3n) is 5.00. The number of methoxy groups -OCH3 is 1. The zero-order valence-electron chi connectivity index (χ0n) is 16.1. The number of nitrogens with zero attached hydrogens (tertiary/aromatic N) is 2. The van der Waals surface area contributed by atoms with Crippen LogP contribution in [-0.4, -0.2) is 50.1 Å². The number of hydrogen-bond acceptors (Lipinski definition) is 5. The molecule has 28 heavy (non-hydrogen) atoms. The van der Waals surface area contributed by atoms with Crippen molar-refractivity contribution in [3.8, 4) is 5.75 Å². The summed E-state index contributed by atoms with van der Waals surface area (Å²) in [6.45, 7) is 1.23. The van der Waals surface area contributed by atoms with Crippen molar-refractivity contribution >= 4 is 16.9 Å². The molecule has 1 N–H and O–H groups in total. The number of carbonyl (C=O) groups is 1. The van der Waals surface area contributed by atoms with Gasteiger partial charge in [0.15, 0.2) is 5.43 Å². The molecular formula is C21H22N3O4+. The van der Waals surface area contributed by atoms with E-state index in [2.05, 4.69) is 4.98 Å². The Morgan fingerprint density at radius 1 is 1.21 bits per heavy atom. The number of rotatable bonds is 5. The Morgan fingerprint density at radius 3 is 2.71 bits per heavy atom. The van der Waals surface area contributed by atoms with E-state index < -0.39 is 6.04 Å². The summed E-state index contributed by atoms with van der Waals surface area (Å²) in [5.41, 5.74) is 1.15. The summed E-state index contributed by atoms with van der Waals surface area (Å²) >= 11 is 0. The first-order valence-electron chi connectivity index (χ1n) is 9.17. The fraction of sp³-hybridized carbons (Fsp3) is 0.286. The van der Waals surface area contributed by atoms with Crippen LogP contribution in [0.25, 0.3) is 11.0 Å². The first-order valence-corrected chi connectivity index (χ1v) is 9.17. The summed E-state index contributed by atoms with van der Waals surface area (Å²) in [5, 5.41) is 0.424. The van der Waals surface area contributed by atoms with Gasteiger partial charge in [-0.3, -0.25) is 14.6 Å². The predicted octanol–water partition coefficient (Wildman–Crippen LogP) is 0.886. The molecule has 0 bridgehead atoms. The highest BCUT2D eigenvalue weighted by Gasteiger charge is 2.43. The lowest BCUT2D eigenvalue weighted by molar-refractivity contribution is -0.857. The van der Waals surface area contributed by atoms with Gasteiger partial charge < -0.3 is 19.0 Å². The molecule has 2 aromatic heterocycles. The molecule has 0 saturated heterocycles. The number of pyridine rings is 1. The van der Waals surface area contributed by atoms with Gasteiger partial charge in [0, 0.05) is 12.3 Å². The van der Waals surface area contributed by atoms with Crippen LogP contribution in [0.5, 0.6) is 5.75 Å². The third kappa shape index (κ3) is 2.93. The molecule has 1 amide bonds. The van der Waals surface area contributed by atoms with Gasteiger partial charge >= 0.3 is 0 Å². The lowest BCUT2D eigenvalue weighted by Crippen LogP contribution is -3.06. The predicted molar refractivity (Wildman–Crippen MR) is 104 cm³/mol. The van der Waals surface area contributed by atoms with Gasteiger partial charge in [-0.25, -0.2) is 0 Å². The second-order valence-electron chi connectivity index (χ2n) is 7.15. The van der Waals surface area contributed by atoms with E-state index in [1.165, 1.54) is 4.90 Å². The lowest BCUT2D eigenvalue weighted by Gasteiger charge is -2.24. The molecule has 1 atom stereocenters. The molecule has 1 aromatic carbocycles. The van der Waals surface area contributed by atoms with Gasteiger partial charge in [0.25, 0.3) is 5.91 Å². The van der Waals surface area contributed by atoms with Gasteiger partial charge in [0.05, 0.1) is 50.9 Å². The number of benzene rings is 1. The van der Waals surface area contributed by atoms with Gasteiger partial charge in [0.2, 0.25) is 5.76 Å². The summed E-state index contributed by atoms with van der Waals surface area (Å²) in [6.07, 6.45) is 1.67. The lowest BCUT2D eigenvalue weighted by atomic mass is 10.0. The quantitative estimate of drug-likeness (QED) is 0.711. The van der Waals surface area contributed by atoms with E-state index in [1.807, 2.05) is 32.3 Å². The van der Waals surface area contributed by atoms with E-state index in [1.54, 1.807) is 36.4 Å². The monoisotopic (exact) mass is 380 g/mol. The molecule has 7 nitrogen and oxygen atoms in total. The van der Waals surface area contributed by atoms with Crippen LogP contribution in [0.1, 0.15) is 27.9 Å². The molecule has 0 saturated carbocycles. The number of quaternary nitrogens is 1. The molecule has 0 radical (unpaired) electrons. The largest absolute Gasteiger partial charge is 0.497 e. The van der Waals surface area contributed by atoms with Crippen molar-refractivity contribution in [3.05, 3.63) is 69.8 Å². The number of carbonyl (C=O) groups excluding carboxylic acids is 1. The van der Waals surface area contributed by atoms with Crippen LogP contribution in [0.3, 0.4) is 0 Å². The zero-order chi connectivity index (χ0) is 19.8. The van der Waals surface area contributed by atoms with Crippen LogP contribution in [-0.2, 0) is 0 Å². The van der Waals surface area contributed by atoms with Gasteiger partial charge in [-0.05, 0) is 24.3 Å². The highest BCUT2D eigenvalue weighted by molar-refractivity contribution is 5.99. The molecule has 0 spiro atoms. The van der Waals surface area contributed by atoms with E-state index in [0.717, 1.165) is 6.54 Å². The Balaban J connectivity index is 1.93. The van der Waals surface area contributed by atoms with E-state index in [4.69, 9.17) is 9.15 Å². The minimum absolute atomic E-state index is 0.0927. The van der Waals surface area contributed by atoms with Crippen molar-refractivity contribution < 1.29 is 18.8 Å². The summed E-state index contributed by atoms with van der Waals surface area (Å²) in [7, 11) is 5.58. The number of amides is 1. The average Bonchev–Trinajstić information content (AvgIpc) is 2.99. The van der Waals surface area contributed by atoms with Gasteiger partial charge in [-0.1, -0.05) is 6.07 Å². The Labute approximate surface area is 162 Å². The van der Waals surface area contributed by atoms with Gasteiger partial charge in [-0.15, -0.1) is 0 Å². The second kappa shape index (κ2) is 7.09. The summed E-state index contributed by atoms with van der Waals surface area (Å²) < 4.78 is 11.1. The number of nitrogens with one attached hydrogen (secondary N) is 1. The van der Waals surface area contributed by atoms with Crippen molar-refractivity contribution in [2.75, 3.05) is 34.3 Å². The van der Waals surface area contributed by atoms with Crippen LogP contribution < -0.4 is 15.1 Å². The Bertz CT molecular complexity index is 1090. The molecule has 3 heterocycles. The van der Waals surface area contributed by atoms with E-state index >= 15 is 0 Å². The highest BCUT2D eigenvalue weighted by atomic mass is 16.5. The third-order valence-corrected chi connectivity index (χ3v) is 5.00. The molecule has 4 rings (SSSR count). The maximum absolute atomic E-state index is 13.3. The number of aromatic nitrogens is 1. The first kappa shape index (κ1) is 18.2. The van der Waals surface area contributed by atoms with Crippen molar-refractivity contribution in [1.29, 1.82) is 0 Å². The highest BCUT2D eigenvalue weighted by Crippen LogP contribution is 2.37. The molecular weight excluding hydrogens is 358 g/mol. The Kier molecular flexibility index (Phi) is 4.60. The Hall–Kier alpha value is -3.19. The smallest absolute Gasteiger partial charge is 0.291 e. The van der Waals surface area contributed by atoms with Crippen LogP contribution in [0.4, 0.5) is 0 Å². The van der Waals surface area contributed by atoms with Gasteiger partial charge in [-0.2, -0.15) is 0 Å². The van der Waals surface area contributed by atoms with Crippen molar-refractivity contribution in [2.24, 2.45) is 0 Å². The van der Waals surface area contributed by atoms with Crippen molar-refractivity contribution in [1.82, 2.24) is 9.88 Å². The summed E-state index contributed by atoms with van der Waals surface area (Å²) in [5.74, 6) is 0.374. The fourth-order valence-corrected chi connectivity index (χ4v) is 3.55. The molecule has 0 aliphatic carbocycles. The molecule has 3 aromatic rings. The minimum Gasteiger partial charge on any atom is -0.497 e. The molecule has 0 unspecified atom stereocenters. The summed E-state index contributed by atoms with van der Waals surface area (Å²) in [6, 6.07) is 9.97. The minimum atomic E-state index is -0.550. The summed E-state index contributed by atoms with van der Waals surface area (Å²) in [4.78, 5) is 33.8. The standard InChI is InChI=1S/C21H21N3O4/c1-23(2)10-11-24-18(15-6-4-5-9-22-15)17-19(25)14-8-7-13(27-3)12-16(14)28-20(17)21(24)26/h4-9,12,18H,10-11H2,1-3H3/p+1/t18-/m0/s1. The SMILES string of the molecule is COc1ccc2c(=O)c3c(oc2c1)C(=O)N(CC[NH+](C)C)[C@H]3c1ccccn1. The number of ether oxygens (including phenoxy) is 1. The molecule has 0 fully saturated rings. The van der Waals surface area contributed by atoms with Crippen LogP contribution in [0, 0.1) is 0 Å². The molecule has 1 aliphatic heterocycles. The first-order chi connectivity index (χ1) is 13.5. The number of fused-ring (bicyclic) bond motifs is 2.